The van der Waals surface area contributed by atoms with Gasteiger partial charge in [-0.15, -0.1) is 0 Å². The second-order valence-electron chi connectivity index (χ2n) is 6.81. The van der Waals surface area contributed by atoms with E-state index in [1.165, 1.54) is 16.9 Å². The largest absolute Gasteiger partial charge is 0.343 e. The van der Waals surface area contributed by atoms with Crippen molar-refractivity contribution in [2.75, 3.05) is 26.7 Å². The van der Waals surface area contributed by atoms with E-state index in [0.29, 0.717) is 30.0 Å². The van der Waals surface area contributed by atoms with Gasteiger partial charge in [-0.1, -0.05) is 12.1 Å². The first-order valence-corrected chi connectivity index (χ1v) is 8.69. The van der Waals surface area contributed by atoms with Crippen LogP contribution < -0.4 is 0 Å². The van der Waals surface area contributed by atoms with Crippen LogP contribution in [0, 0.1) is 18.7 Å². The normalized spacial score (nSPS) is 16.8. The second-order valence-corrected chi connectivity index (χ2v) is 6.81. The van der Waals surface area contributed by atoms with Crippen LogP contribution in [0.1, 0.15) is 29.4 Å². The lowest BCUT2D eigenvalue weighted by atomic mass is 10.1. The van der Waals surface area contributed by atoms with Crippen molar-refractivity contribution >= 4 is 11.8 Å². The van der Waals surface area contributed by atoms with E-state index in [-0.39, 0.29) is 23.5 Å². The summed E-state index contributed by atoms with van der Waals surface area (Å²) < 4.78 is 15.5. The lowest BCUT2D eigenvalue weighted by molar-refractivity contribution is -0.127. The van der Waals surface area contributed by atoms with Gasteiger partial charge in [0, 0.05) is 33.6 Å². The standard InChI is InChI=1S/C19H23FN4O2/c1-13-16(10-21-24(13)18-7-5-4-6-17(18)20)19(26)22(3)11-15-8-9-23(12-15)14(2)25/h4-7,10,15H,8-9,11-12H2,1-3H3/t15-/m0/s1. The predicted molar refractivity (Wildman–Crippen MR) is 95.6 cm³/mol. The minimum Gasteiger partial charge on any atom is -0.343 e. The number of carbonyl (C=O) groups is 2. The smallest absolute Gasteiger partial charge is 0.257 e. The molecule has 6 nitrogen and oxygen atoms in total. The Morgan fingerprint density at radius 3 is 2.73 bits per heavy atom. The zero-order valence-electron chi connectivity index (χ0n) is 15.3. The van der Waals surface area contributed by atoms with E-state index in [2.05, 4.69) is 5.10 Å². The molecule has 0 aliphatic carbocycles. The molecule has 0 bridgehead atoms. The summed E-state index contributed by atoms with van der Waals surface area (Å²) in [6.45, 7) is 5.32. The molecule has 26 heavy (non-hydrogen) atoms. The Bertz CT molecular complexity index is 833. The molecule has 7 heteroatoms. The number of rotatable bonds is 4. The van der Waals surface area contributed by atoms with Crippen LogP contribution in [0.3, 0.4) is 0 Å². The number of aromatic nitrogens is 2. The fourth-order valence-electron chi connectivity index (χ4n) is 3.43. The van der Waals surface area contributed by atoms with Crippen LogP contribution in [-0.2, 0) is 4.79 Å². The first-order chi connectivity index (χ1) is 12.4. The minimum absolute atomic E-state index is 0.0727. The van der Waals surface area contributed by atoms with Crippen molar-refractivity contribution in [1.82, 2.24) is 19.6 Å². The third-order valence-electron chi connectivity index (χ3n) is 4.93. The molecule has 1 atom stereocenters. The number of hydrogen-bond acceptors (Lipinski definition) is 3. The SMILES string of the molecule is CC(=O)N1CC[C@@H](CN(C)C(=O)c2cnn(-c3ccccc3F)c2C)C1. The topological polar surface area (TPSA) is 58.4 Å². The van der Waals surface area contributed by atoms with Gasteiger partial charge in [0.05, 0.1) is 17.5 Å². The zero-order valence-corrected chi connectivity index (χ0v) is 15.3. The molecular weight excluding hydrogens is 335 g/mol. The fourth-order valence-corrected chi connectivity index (χ4v) is 3.43. The van der Waals surface area contributed by atoms with Crippen LogP contribution in [0.2, 0.25) is 0 Å². The fraction of sp³-hybridized carbons (Fsp3) is 0.421. The monoisotopic (exact) mass is 358 g/mol. The molecule has 0 saturated carbocycles. The molecule has 0 spiro atoms. The van der Waals surface area contributed by atoms with E-state index < -0.39 is 0 Å². The molecular formula is C19H23FN4O2. The number of nitrogens with zero attached hydrogens (tertiary/aromatic N) is 4. The van der Waals surface area contributed by atoms with Crippen LogP contribution >= 0.6 is 0 Å². The van der Waals surface area contributed by atoms with Gasteiger partial charge < -0.3 is 9.80 Å². The lowest BCUT2D eigenvalue weighted by Gasteiger charge is -2.21. The molecule has 138 valence electrons. The maximum Gasteiger partial charge on any atom is 0.257 e. The van der Waals surface area contributed by atoms with Crippen molar-refractivity contribution in [3.05, 3.63) is 47.5 Å². The van der Waals surface area contributed by atoms with Crippen LogP contribution in [0.15, 0.2) is 30.5 Å². The van der Waals surface area contributed by atoms with E-state index in [9.17, 15) is 14.0 Å². The second kappa shape index (κ2) is 7.27. The molecule has 2 heterocycles. The van der Waals surface area contributed by atoms with Crippen molar-refractivity contribution in [2.45, 2.75) is 20.3 Å². The maximum atomic E-state index is 14.0. The Hall–Kier alpha value is -2.70. The van der Waals surface area contributed by atoms with E-state index in [0.717, 1.165) is 13.0 Å². The van der Waals surface area contributed by atoms with Gasteiger partial charge in [-0.05, 0) is 31.4 Å². The Morgan fingerprint density at radius 1 is 1.35 bits per heavy atom. The highest BCUT2D eigenvalue weighted by molar-refractivity contribution is 5.95. The average molecular weight is 358 g/mol. The molecule has 0 N–H and O–H groups in total. The quantitative estimate of drug-likeness (QED) is 0.842. The summed E-state index contributed by atoms with van der Waals surface area (Å²) in [4.78, 5) is 27.7. The maximum absolute atomic E-state index is 14.0. The number of para-hydroxylation sites is 1. The highest BCUT2D eigenvalue weighted by Crippen LogP contribution is 2.20. The third kappa shape index (κ3) is 3.47. The molecule has 3 rings (SSSR count). The van der Waals surface area contributed by atoms with Gasteiger partial charge in [0.15, 0.2) is 0 Å². The number of hydrogen-bond donors (Lipinski definition) is 0. The molecule has 2 aromatic rings. The van der Waals surface area contributed by atoms with Gasteiger partial charge in [-0.2, -0.15) is 5.10 Å². The first-order valence-electron chi connectivity index (χ1n) is 8.69. The Kier molecular flexibility index (Phi) is 5.06. The summed E-state index contributed by atoms with van der Waals surface area (Å²) in [6.07, 6.45) is 2.38. The van der Waals surface area contributed by atoms with E-state index in [1.54, 1.807) is 44.0 Å². The number of benzene rings is 1. The summed E-state index contributed by atoms with van der Waals surface area (Å²) >= 11 is 0. The zero-order chi connectivity index (χ0) is 18.8. The van der Waals surface area contributed by atoms with E-state index in [4.69, 9.17) is 0 Å². The van der Waals surface area contributed by atoms with Gasteiger partial charge >= 0.3 is 0 Å². The molecule has 1 aliphatic heterocycles. The minimum atomic E-state index is -0.388. The van der Waals surface area contributed by atoms with Crippen molar-refractivity contribution in [3.8, 4) is 5.69 Å². The van der Waals surface area contributed by atoms with Crippen LogP contribution in [-0.4, -0.2) is 58.1 Å². The van der Waals surface area contributed by atoms with Crippen molar-refractivity contribution < 1.29 is 14.0 Å². The summed E-state index contributed by atoms with van der Waals surface area (Å²) in [5, 5.41) is 4.19. The van der Waals surface area contributed by atoms with Crippen molar-refractivity contribution in [3.63, 3.8) is 0 Å². The van der Waals surface area contributed by atoms with E-state index >= 15 is 0 Å². The number of halogens is 1. The highest BCUT2D eigenvalue weighted by Gasteiger charge is 2.27. The van der Waals surface area contributed by atoms with Gasteiger partial charge in [0.2, 0.25) is 5.91 Å². The lowest BCUT2D eigenvalue weighted by Crippen LogP contribution is -2.34. The van der Waals surface area contributed by atoms with Crippen molar-refractivity contribution in [2.24, 2.45) is 5.92 Å². The van der Waals surface area contributed by atoms with Crippen LogP contribution in [0.25, 0.3) is 5.69 Å². The van der Waals surface area contributed by atoms with Crippen LogP contribution in [0.5, 0.6) is 0 Å². The Balaban J connectivity index is 1.72. The summed E-state index contributed by atoms with van der Waals surface area (Å²) in [6, 6.07) is 6.34. The number of likely N-dealkylation sites (tertiary alicyclic amines) is 1. The Morgan fingerprint density at radius 2 is 2.08 bits per heavy atom. The molecule has 0 unspecified atom stereocenters. The van der Waals surface area contributed by atoms with E-state index in [1.807, 2.05) is 4.90 Å². The first kappa shape index (κ1) is 18.1. The molecule has 1 saturated heterocycles. The molecule has 1 aromatic carbocycles. The third-order valence-corrected chi connectivity index (χ3v) is 4.93. The van der Waals surface area contributed by atoms with Crippen molar-refractivity contribution in [1.29, 1.82) is 0 Å². The predicted octanol–water partition coefficient (Wildman–Crippen LogP) is 2.26. The van der Waals surface area contributed by atoms with Gasteiger partial charge in [-0.3, -0.25) is 9.59 Å². The molecule has 1 aromatic heterocycles. The number of amides is 2. The molecule has 2 amide bonds. The molecule has 1 aliphatic rings. The van der Waals surface area contributed by atoms with Crippen LogP contribution in [0.4, 0.5) is 4.39 Å². The van der Waals surface area contributed by atoms with Gasteiger partial charge in [0.25, 0.3) is 5.91 Å². The summed E-state index contributed by atoms with van der Waals surface area (Å²) in [5.41, 5.74) is 1.38. The van der Waals surface area contributed by atoms with Gasteiger partial charge in [0.1, 0.15) is 11.5 Å². The molecule has 1 fully saturated rings. The summed E-state index contributed by atoms with van der Waals surface area (Å²) in [5.74, 6) is -0.189. The highest BCUT2D eigenvalue weighted by atomic mass is 19.1. The average Bonchev–Trinajstić information content (AvgIpc) is 3.22. The Labute approximate surface area is 152 Å². The molecule has 0 radical (unpaired) electrons. The summed E-state index contributed by atoms with van der Waals surface area (Å²) in [7, 11) is 1.75. The number of carbonyl (C=O) groups excluding carboxylic acids is 2. The van der Waals surface area contributed by atoms with Gasteiger partial charge in [-0.25, -0.2) is 9.07 Å².